The molecule has 9 nitrogen and oxygen atoms in total. The van der Waals surface area contributed by atoms with Crippen LogP contribution in [0.4, 0.5) is 4.39 Å². The van der Waals surface area contributed by atoms with E-state index < -0.39 is 5.82 Å². The standard InChI is InChI=1S/C24H21FN6O3/c1-31-22(21-16(9-26)23(34-13-4-5-13)20(33-2)8-18(21)25)17(11-28-31)12-3-6-14-15(7-12)19(10-27)29-30-24(14)32/h3,6-8,11,13H,4-5,10,27H2,1-2H3,(H,30,32). The Kier molecular flexibility index (Phi) is 5.26. The molecule has 0 radical (unpaired) electrons. The molecule has 0 unspecified atom stereocenters. The van der Waals surface area contributed by atoms with Crippen LogP contribution in [0.5, 0.6) is 11.5 Å². The van der Waals surface area contributed by atoms with Crippen molar-refractivity contribution in [3.8, 4) is 40.0 Å². The molecule has 0 amide bonds. The number of aromatic amines is 1. The number of nitrogens with two attached hydrogens (primary N) is 1. The van der Waals surface area contributed by atoms with E-state index >= 15 is 4.39 Å². The summed E-state index contributed by atoms with van der Waals surface area (Å²) in [5.74, 6) is -0.254. The summed E-state index contributed by atoms with van der Waals surface area (Å²) in [5.41, 5.74) is 7.74. The number of rotatable bonds is 6. The Morgan fingerprint density at radius 3 is 2.79 bits per heavy atom. The van der Waals surface area contributed by atoms with Crippen molar-refractivity contribution in [3.63, 3.8) is 0 Å². The predicted molar refractivity (Wildman–Crippen MR) is 123 cm³/mol. The summed E-state index contributed by atoms with van der Waals surface area (Å²) in [6.45, 7) is 0.129. The van der Waals surface area contributed by atoms with Gasteiger partial charge in [-0.05, 0) is 30.5 Å². The molecule has 0 aliphatic heterocycles. The first-order chi connectivity index (χ1) is 16.5. The summed E-state index contributed by atoms with van der Waals surface area (Å²) >= 11 is 0. The second-order valence-electron chi connectivity index (χ2n) is 8.06. The van der Waals surface area contributed by atoms with Crippen LogP contribution < -0.4 is 20.8 Å². The van der Waals surface area contributed by atoms with Crippen molar-refractivity contribution >= 4 is 10.8 Å². The second kappa shape index (κ2) is 8.28. The van der Waals surface area contributed by atoms with Gasteiger partial charge in [-0.15, -0.1) is 0 Å². The van der Waals surface area contributed by atoms with Crippen molar-refractivity contribution in [1.29, 1.82) is 5.26 Å². The molecule has 1 fully saturated rings. The highest BCUT2D eigenvalue weighted by atomic mass is 19.1. The van der Waals surface area contributed by atoms with E-state index in [-0.39, 0.29) is 40.8 Å². The van der Waals surface area contributed by atoms with Gasteiger partial charge in [-0.25, -0.2) is 9.49 Å². The van der Waals surface area contributed by atoms with Gasteiger partial charge >= 0.3 is 0 Å². The number of halogens is 1. The van der Waals surface area contributed by atoms with E-state index in [0.29, 0.717) is 33.3 Å². The highest BCUT2D eigenvalue weighted by Gasteiger charge is 2.31. The van der Waals surface area contributed by atoms with Crippen molar-refractivity contribution in [3.05, 3.63) is 57.9 Å². The molecule has 3 N–H and O–H groups in total. The van der Waals surface area contributed by atoms with Crippen LogP contribution in [0.2, 0.25) is 0 Å². The molecule has 0 spiro atoms. The molecule has 2 aromatic heterocycles. The van der Waals surface area contributed by atoms with E-state index in [1.165, 1.54) is 17.9 Å². The predicted octanol–water partition coefficient (Wildman–Crippen LogP) is 3.01. The van der Waals surface area contributed by atoms with E-state index in [1.807, 2.05) is 0 Å². The van der Waals surface area contributed by atoms with Gasteiger partial charge in [0.1, 0.15) is 17.4 Å². The van der Waals surface area contributed by atoms with Gasteiger partial charge in [0, 0.05) is 30.6 Å². The van der Waals surface area contributed by atoms with Crippen LogP contribution in [0.15, 0.2) is 35.3 Å². The van der Waals surface area contributed by atoms with Gasteiger partial charge in [0.05, 0.1) is 41.7 Å². The Morgan fingerprint density at radius 1 is 1.32 bits per heavy atom. The molecule has 1 aliphatic carbocycles. The number of ether oxygens (including phenoxy) is 2. The second-order valence-corrected chi connectivity index (χ2v) is 8.06. The number of hydrogen-bond acceptors (Lipinski definition) is 7. The van der Waals surface area contributed by atoms with Gasteiger partial charge in [0.15, 0.2) is 11.5 Å². The van der Waals surface area contributed by atoms with Crippen LogP contribution in [0.25, 0.3) is 33.2 Å². The summed E-state index contributed by atoms with van der Waals surface area (Å²) in [5, 5.41) is 21.9. The van der Waals surface area contributed by atoms with Crippen LogP contribution in [0.1, 0.15) is 24.1 Å². The van der Waals surface area contributed by atoms with Gasteiger partial charge < -0.3 is 15.2 Å². The first-order valence-electron chi connectivity index (χ1n) is 10.7. The quantitative estimate of drug-likeness (QED) is 0.452. The van der Waals surface area contributed by atoms with Crippen molar-refractivity contribution in [2.24, 2.45) is 12.8 Å². The largest absolute Gasteiger partial charge is 0.493 e. The zero-order chi connectivity index (χ0) is 24.0. The van der Waals surface area contributed by atoms with E-state index in [9.17, 15) is 10.1 Å². The number of aryl methyl sites for hydroxylation is 1. The van der Waals surface area contributed by atoms with Crippen molar-refractivity contribution < 1.29 is 13.9 Å². The first-order valence-corrected chi connectivity index (χ1v) is 10.7. The fourth-order valence-electron chi connectivity index (χ4n) is 4.06. The minimum atomic E-state index is -0.636. The molecule has 5 rings (SSSR count). The molecule has 34 heavy (non-hydrogen) atoms. The van der Waals surface area contributed by atoms with Gasteiger partial charge in [0.25, 0.3) is 5.56 Å². The maximum Gasteiger partial charge on any atom is 0.272 e. The Labute approximate surface area is 193 Å². The highest BCUT2D eigenvalue weighted by molar-refractivity contribution is 5.92. The average molecular weight is 460 g/mol. The van der Waals surface area contributed by atoms with Gasteiger partial charge in [-0.2, -0.15) is 15.5 Å². The lowest BCUT2D eigenvalue weighted by atomic mass is 9.95. The Morgan fingerprint density at radius 2 is 2.12 bits per heavy atom. The normalized spacial score (nSPS) is 13.1. The Hall–Kier alpha value is -4.23. The maximum atomic E-state index is 15.5. The molecule has 1 aliphatic rings. The summed E-state index contributed by atoms with van der Waals surface area (Å²) in [4.78, 5) is 12.2. The van der Waals surface area contributed by atoms with Crippen LogP contribution in [-0.2, 0) is 13.6 Å². The number of nitriles is 1. The lowest BCUT2D eigenvalue weighted by Crippen LogP contribution is -2.13. The number of nitrogens with zero attached hydrogens (tertiary/aromatic N) is 4. The molecule has 0 atom stereocenters. The Bertz CT molecular complexity index is 1530. The van der Waals surface area contributed by atoms with Crippen LogP contribution >= 0.6 is 0 Å². The fraction of sp³-hybridized carbons (Fsp3) is 0.250. The number of aromatic nitrogens is 4. The molecule has 0 bridgehead atoms. The number of benzene rings is 2. The molecular formula is C24H21FN6O3. The first kappa shape index (κ1) is 21.6. The lowest BCUT2D eigenvalue weighted by Gasteiger charge is -2.17. The third-order valence-electron chi connectivity index (χ3n) is 5.89. The zero-order valence-corrected chi connectivity index (χ0v) is 18.6. The fourth-order valence-corrected chi connectivity index (χ4v) is 4.06. The minimum absolute atomic E-state index is 0.0221. The molecule has 10 heteroatoms. The average Bonchev–Trinajstić information content (AvgIpc) is 3.59. The third-order valence-corrected chi connectivity index (χ3v) is 5.89. The van der Waals surface area contributed by atoms with Crippen molar-refractivity contribution in [2.45, 2.75) is 25.5 Å². The molecular weight excluding hydrogens is 439 g/mol. The number of H-pyrrole nitrogens is 1. The van der Waals surface area contributed by atoms with Crippen LogP contribution in [0, 0.1) is 17.1 Å². The SMILES string of the molecule is COc1cc(F)c(-c2c(-c3ccc4c(=O)[nH]nc(CN)c4c3)cnn2C)c(C#N)c1OC1CC1. The number of methoxy groups -OCH3 is 1. The summed E-state index contributed by atoms with van der Waals surface area (Å²) in [7, 11) is 3.08. The summed E-state index contributed by atoms with van der Waals surface area (Å²) in [6.07, 6.45) is 3.30. The summed E-state index contributed by atoms with van der Waals surface area (Å²) < 4.78 is 28.2. The van der Waals surface area contributed by atoms with Gasteiger partial charge in [0.2, 0.25) is 0 Å². The molecule has 172 valence electrons. The maximum absolute atomic E-state index is 15.5. The van der Waals surface area contributed by atoms with Gasteiger partial charge in [-0.1, -0.05) is 6.07 Å². The number of hydrogen-bond donors (Lipinski definition) is 2. The number of nitrogens with one attached hydrogen (secondary N) is 1. The molecule has 4 aromatic rings. The highest BCUT2D eigenvalue weighted by Crippen LogP contribution is 2.45. The van der Waals surface area contributed by atoms with E-state index in [1.54, 1.807) is 31.4 Å². The van der Waals surface area contributed by atoms with Crippen molar-refractivity contribution in [2.75, 3.05) is 7.11 Å². The molecule has 2 aromatic carbocycles. The monoisotopic (exact) mass is 460 g/mol. The third kappa shape index (κ3) is 3.47. The topological polar surface area (TPSA) is 132 Å². The zero-order valence-electron chi connectivity index (χ0n) is 18.6. The molecule has 2 heterocycles. The summed E-state index contributed by atoms with van der Waals surface area (Å²) in [6, 6.07) is 8.51. The van der Waals surface area contributed by atoms with E-state index in [2.05, 4.69) is 21.4 Å². The lowest BCUT2D eigenvalue weighted by molar-refractivity contribution is 0.280. The van der Waals surface area contributed by atoms with Gasteiger partial charge in [-0.3, -0.25) is 9.48 Å². The molecule has 0 saturated heterocycles. The van der Waals surface area contributed by atoms with E-state index in [4.69, 9.17) is 15.2 Å². The van der Waals surface area contributed by atoms with E-state index in [0.717, 1.165) is 12.8 Å². The molecule has 1 saturated carbocycles. The number of fused-ring (bicyclic) bond motifs is 1. The Balaban J connectivity index is 1.76. The minimum Gasteiger partial charge on any atom is -0.493 e. The van der Waals surface area contributed by atoms with Crippen LogP contribution in [0.3, 0.4) is 0 Å². The van der Waals surface area contributed by atoms with Crippen molar-refractivity contribution in [1.82, 2.24) is 20.0 Å². The van der Waals surface area contributed by atoms with Crippen LogP contribution in [-0.4, -0.2) is 33.2 Å². The smallest absolute Gasteiger partial charge is 0.272 e.